The first kappa shape index (κ1) is 20.6. The van der Waals surface area contributed by atoms with E-state index in [0.29, 0.717) is 38.2 Å². The number of anilines is 2. The van der Waals surface area contributed by atoms with Crippen molar-refractivity contribution in [3.8, 4) is 0 Å². The van der Waals surface area contributed by atoms with Crippen LogP contribution in [0.4, 0.5) is 11.4 Å². The molecule has 0 saturated carbocycles. The molecule has 0 aliphatic carbocycles. The van der Waals surface area contributed by atoms with E-state index in [-0.39, 0.29) is 10.8 Å². The summed E-state index contributed by atoms with van der Waals surface area (Å²) in [5, 5.41) is 0. The Hall–Kier alpha value is -3.32. The molecule has 0 bridgehead atoms. The molecule has 2 aliphatic heterocycles. The van der Waals surface area contributed by atoms with Gasteiger partial charge in [0, 0.05) is 44.5 Å². The SMILES string of the molecule is CN1CCN(C(=O)c2cccc(S(=O)(=O)N3CCc4ccccc43)c2)Cc2ccccc21. The second-order valence-corrected chi connectivity index (χ2v) is 10.1. The lowest BCUT2D eigenvalue weighted by molar-refractivity contribution is 0.0751. The highest BCUT2D eigenvalue weighted by Crippen LogP contribution is 2.33. The van der Waals surface area contributed by atoms with Crippen LogP contribution in [0.2, 0.25) is 0 Å². The van der Waals surface area contributed by atoms with Crippen molar-refractivity contribution in [2.75, 3.05) is 35.9 Å². The lowest BCUT2D eigenvalue weighted by atomic mass is 10.1. The van der Waals surface area contributed by atoms with Crippen molar-refractivity contribution in [2.24, 2.45) is 0 Å². The van der Waals surface area contributed by atoms with Crippen LogP contribution in [0.1, 0.15) is 21.5 Å². The number of carbonyl (C=O) groups excluding carboxylic acids is 1. The Morgan fingerprint density at radius 2 is 1.53 bits per heavy atom. The molecule has 0 aromatic heterocycles. The standard InChI is InChI=1S/C25H25N3O3S/c1-26-15-16-27(18-21-8-3-4-11-23(21)26)25(29)20-9-6-10-22(17-20)32(30,31)28-14-13-19-7-2-5-12-24(19)28/h2-12,17H,13-16,18H2,1H3. The van der Waals surface area contributed by atoms with Crippen LogP contribution in [-0.2, 0) is 23.0 Å². The minimum atomic E-state index is -3.75. The summed E-state index contributed by atoms with van der Waals surface area (Å²) in [4.78, 5) is 17.5. The van der Waals surface area contributed by atoms with Crippen LogP contribution >= 0.6 is 0 Å². The van der Waals surface area contributed by atoms with E-state index in [2.05, 4.69) is 11.0 Å². The number of hydrogen-bond donors (Lipinski definition) is 0. The minimum absolute atomic E-state index is 0.146. The number of sulfonamides is 1. The first-order chi connectivity index (χ1) is 15.4. The molecule has 2 heterocycles. The summed E-state index contributed by atoms with van der Waals surface area (Å²) in [7, 11) is -1.73. The Balaban J connectivity index is 1.44. The first-order valence-corrected chi connectivity index (χ1v) is 12.2. The smallest absolute Gasteiger partial charge is 0.264 e. The number of hydrogen-bond acceptors (Lipinski definition) is 4. The van der Waals surface area contributed by atoms with Gasteiger partial charge in [-0.05, 0) is 47.9 Å². The van der Waals surface area contributed by atoms with Gasteiger partial charge in [0.1, 0.15) is 0 Å². The maximum absolute atomic E-state index is 13.4. The molecule has 164 valence electrons. The Kier molecular flexibility index (Phi) is 5.13. The summed E-state index contributed by atoms with van der Waals surface area (Å²) in [5.41, 5.74) is 4.33. The van der Waals surface area contributed by atoms with Crippen LogP contribution in [0.25, 0.3) is 0 Å². The number of rotatable bonds is 3. The van der Waals surface area contributed by atoms with Crippen LogP contribution in [0.15, 0.2) is 77.7 Å². The van der Waals surface area contributed by atoms with Gasteiger partial charge in [0.05, 0.1) is 10.6 Å². The molecule has 3 aromatic rings. The van der Waals surface area contributed by atoms with Crippen LogP contribution < -0.4 is 9.21 Å². The zero-order valence-corrected chi connectivity index (χ0v) is 18.8. The summed E-state index contributed by atoms with van der Waals surface area (Å²) in [6.45, 7) is 2.19. The fourth-order valence-electron chi connectivity index (χ4n) is 4.52. The maximum atomic E-state index is 13.4. The molecule has 0 fully saturated rings. The summed E-state index contributed by atoms with van der Waals surface area (Å²) in [6, 6.07) is 22.1. The highest BCUT2D eigenvalue weighted by Gasteiger charge is 2.31. The zero-order chi connectivity index (χ0) is 22.3. The molecular weight excluding hydrogens is 422 g/mol. The molecule has 0 radical (unpaired) electrons. The second kappa shape index (κ2) is 7.98. The Morgan fingerprint density at radius 1 is 0.812 bits per heavy atom. The normalized spacial score (nSPS) is 15.8. The van der Waals surface area contributed by atoms with Gasteiger partial charge < -0.3 is 9.80 Å². The van der Waals surface area contributed by atoms with E-state index < -0.39 is 10.0 Å². The van der Waals surface area contributed by atoms with Crippen molar-refractivity contribution < 1.29 is 13.2 Å². The van der Waals surface area contributed by atoms with E-state index in [4.69, 9.17) is 0 Å². The topological polar surface area (TPSA) is 60.9 Å². The zero-order valence-electron chi connectivity index (χ0n) is 17.9. The third-order valence-electron chi connectivity index (χ3n) is 6.27. The van der Waals surface area contributed by atoms with E-state index in [9.17, 15) is 13.2 Å². The molecule has 5 rings (SSSR count). The molecule has 0 saturated heterocycles. The van der Waals surface area contributed by atoms with Gasteiger partial charge in [0.2, 0.25) is 0 Å². The maximum Gasteiger partial charge on any atom is 0.264 e. The average Bonchev–Trinajstić information content (AvgIpc) is 3.19. The van der Waals surface area contributed by atoms with E-state index >= 15 is 0 Å². The molecule has 0 N–H and O–H groups in total. The molecule has 32 heavy (non-hydrogen) atoms. The number of benzene rings is 3. The Bertz CT molecular complexity index is 1290. The van der Waals surface area contributed by atoms with Gasteiger partial charge in [-0.2, -0.15) is 0 Å². The van der Waals surface area contributed by atoms with Gasteiger partial charge in [-0.15, -0.1) is 0 Å². The van der Waals surface area contributed by atoms with Crippen molar-refractivity contribution in [1.82, 2.24) is 4.90 Å². The van der Waals surface area contributed by atoms with Crippen LogP contribution in [0.3, 0.4) is 0 Å². The number of para-hydroxylation sites is 2. The quantitative estimate of drug-likeness (QED) is 0.616. The first-order valence-electron chi connectivity index (χ1n) is 10.7. The lowest BCUT2D eigenvalue weighted by Crippen LogP contribution is -2.34. The van der Waals surface area contributed by atoms with E-state index in [1.165, 1.54) is 10.4 Å². The number of likely N-dealkylation sites (N-methyl/N-ethyl adjacent to an activating group) is 1. The number of nitrogens with zero attached hydrogens (tertiary/aromatic N) is 3. The van der Waals surface area contributed by atoms with Gasteiger partial charge in [0.15, 0.2) is 0 Å². The summed E-state index contributed by atoms with van der Waals surface area (Å²) in [6.07, 6.45) is 0.689. The summed E-state index contributed by atoms with van der Waals surface area (Å²) in [5.74, 6) is -0.158. The molecule has 3 aromatic carbocycles. The van der Waals surface area contributed by atoms with E-state index in [1.54, 1.807) is 23.1 Å². The predicted octanol–water partition coefficient (Wildman–Crippen LogP) is 3.53. The van der Waals surface area contributed by atoms with Crippen LogP contribution in [-0.4, -0.2) is 45.9 Å². The number of carbonyl (C=O) groups is 1. The lowest BCUT2D eigenvalue weighted by Gasteiger charge is -2.22. The van der Waals surface area contributed by atoms with Gasteiger partial charge >= 0.3 is 0 Å². The molecule has 0 atom stereocenters. The van der Waals surface area contributed by atoms with E-state index in [1.807, 2.05) is 49.5 Å². The largest absolute Gasteiger partial charge is 0.373 e. The molecule has 7 heteroatoms. The molecule has 1 amide bonds. The third kappa shape index (κ3) is 3.52. The minimum Gasteiger partial charge on any atom is -0.373 e. The van der Waals surface area contributed by atoms with Crippen molar-refractivity contribution in [3.63, 3.8) is 0 Å². The van der Waals surface area contributed by atoms with Gasteiger partial charge in [-0.1, -0.05) is 42.5 Å². The van der Waals surface area contributed by atoms with Crippen molar-refractivity contribution >= 4 is 27.3 Å². The average molecular weight is 448 g/mol. The molecule has 0 spiro atoms. The highest BCUT2D eigenvalue weighted by atomic mass is 32.2. The third-order valence-corrected chi connectivity index (χ3v) is 8.08. The van der Waals surface area contributed by atoms with Crippen LogP contribution in [0, 0.1) is 0 Å². The van der Waals surface area contributed by atoms with Crippen molar-refractivity contribution in [1.29, 1.82) is 0 Å². The van der Waals surface area contributed by atoms with Crippen LogP contribution in [0.5, 0.6) is 0 Å². The molecular formula is C25H25N3O3S. The number of amides is 1. The second-order valence-electron chi connectivity index (χ2n) is 8.26. The molecule has 0 unspecified atom stereocenters. The van der Waals surface area contributed by atoms with Gasteiger partial charge in [-0.3, -0.25) is 9.10 Å². The summed E-state index contributed by atoms with van der Waals surface area (Å²) >= 11 is 0. The number of fused-ring (bicyclic) bond motifs is 2. The van der Waals surface area contributed by atoms with Crippen molar-refractivity contribution in [2.45, 2.75) is 17.9 Å². The van der Waals surface area contributed by atoms with Crippen molar-refractivity contribution in [3.05, 3.63) is 89.5 Å². The fourth-order valence-corrected chi connectivity index (χ4v) is 6.07. The van der Waals surface area contributed by atoms with Gasteiger partial charge in [0.25, 0.3) is 15.9 Å². The molecule has 6 nitrogen and oxygen atoms in total. The summed E-state index contributed by atoms with van der Waals surface area (Å²) < 4.78 is 28.3. The fraction of sp³-hybridized carbons (Fsp3) is 0.240. The highest BCUT2D eigenvalue weighted by molar-refractivity contribution is 7.92. The monoisotopic (exact) mass is 447 g/mol. The predicted molar refractivity (Wildman–Crippen MR) is 126 cm³/mol. The molecule has 2 aliphatic rings. The Morgan fingerprint density at radius 3 is 2.34 bits per heavy atom. The van der Waals surface area contributed by atoms with Gasteiger partial charge in [-0.25, -0.2) is 8.42 Å². The van der Waals surface area contributed by atoms with E-state index in [0.717, 1.165) is 22.5 Å². The Labute approximate surface area is 188 Å².